The SMILES string of the molecule is CCc1nc(C2CCN(C(=O)c3c(F)ccc(OC)c3OC)CC2)n[nH]1. The molecule has 1 amide bonds. The molecule has 140 valence electrons. The van der Waals surface area contributed by atoms with Crippen LogP contribution in [0.25, 0.3) is 0 Å². The van der Waals surface area contributed by atoms with Crippen LogP contribution in [0, 0.1) is 5.82 Å². The summed E-state index contributed by atoms with van der Waals surface area (Å²) in [6.45, 7) is 3.04. The maximum absolute atomic E-state index is 14.3. The number of piperidine rings is 1. The highest BCUT2D eigenvalue weighted by Gasteiger charge is 2.30. The van der Waals surface area contributed by atoms with Crippen LogP contribution < -0.4 is 9.47 Å². The van der Waals surface area contributed by atoms with Crippen LogP contribution >= 0.6 is 0 Å². The van der Waals surface area contributed by atoms with Gasteiger partial charge in [0.15, 0.2) is 17.3 Å². The van der Waals surface area contributed by atoms with Gasteiger partial charge in [-0.2, -0.15) is 5.10 Å². The number of benzene rings is 1. The number of amides is 1. The summed E-state index contributed by atoms with van der Waals surface area (Å²) in [7, 11) is 2.85. The lowest BCUT2D eigenvalue weighted by atomic mass is 9.95. The number of aryl methyl sites for hydroxylation is 1. The molecule has 26 heavy (non-hydrogen) atoms. The van der Waals surface area contributed by atoms with Crippen LogP contribution in [0.4, 0.5) is 4.39 Å². The predicted octanol–water partition coefficient (Wildman–Crippen LogP) is 2.54. The first-order chi connectivity index (χ1) is 12.6. The Labute approximate surface area is 151 Å². The molecule has 2 aromatic rings. The fraction of sp³-hybridized carbons (Fsp3) is 0.500. The topological polar surface area (TPSA) is 80.3 Å². The van der Waals surface area contributed by atoms with Crippen molar-refractivity contribution in [2.24, 2.45) is 0 Å². The van der Waals surface area contributed by atoms with Gasteiger partial charge in [-0.05, 0) is 25.0 Å². The maximum atomic E-state index is 14.3. The van der Waals surface area contributed by atoms with E-state index in [-0.39, 0.29) is 23.1 Å². The highest BCUT2D eigenvalue weighted by atomic mass is 19.1. The smallest absolute Gasteiger partial charge is 0.260 e. The van der Waals surface area contributed by atoms with E-state index in [1.165, 1.54) is 26.4 Å². The number of H-pyrrole nitrogens is 1. The Morgan fingerprint density at radius 3 is 2.62 bits per heavy atom. The van der Waals surface area contributed by atoms with E-state index in [9.17, 15) is 9.18 Å². The number of aromatic nitrogens is 3. The molecule has 1 N–H and O–H groups in total. The first kappa shape index (κ1) is 18.2. The van der Waals surface area contributed by atoms with Crippen LogP contribution in [0.2, 0.25) is 0 Å². The van der Waals surface area contributed by atoms with E-state index in [4.69, 9.17) is 9.47 Å². The Hall–Kier alpha value is -2.64. The summed E-state index contributed by atoms with van der Waals surface area (Å²) in [5.41, 5.74) is -0.0866. The van der Waals surface area contributed by atoms with E-state index in [1.54, 1.807) is 4.90 Å². The molecule has 0 radical (unpaired) electrons. The second kappa shape index (κ2) is 7.72. The molecule has 0 unspecified atom stereocenters. The monoisotopic (exact) mass is 362 g/mol. The number of rotatable bonds is 5. The zero-order chi connectivity index (χ0) is 18.7. The number of nitrogens with zero attached hydrogens (tertiary/aromatic N) is 3. The molecule has 1 aromatic carbocycles. The lowest BCUT2D eigenvalue weighted by molar-refractivity contribution is 0.0702. The number of likely N-dealkylation sites (tertiary alicyclic amines) is 1. The van der Waals surface area contributed by atoms with Gasteiger partial charge in [-0.15, -0.1) is 0 Å². The molecule has 1 aromatic heterocycles. The molecule has 3 rings (SSSR count). The molecule has 1 aliphatic rings. The Balaban J connectivity index is 1.74. The highest BCUT2D eigenvalue weighted by molar-refractivity contribution is 5.98. The van der Waals surface area contributed by atoms with E-state index in [2.05, 4.69) is 15.2 Å². The number of aromatic amines is 1. The first-order valence-electron chi connectivity index (χ1n) is 8.69. The lowest BCUT2D eigenvalue weighted by Gasteiger charge is -2.31. The third-order valence-corrected chi connectivity index (χ3v) is 4.74. The molecular weight excluding hydrogens is 339 g/mol. The number of hydrogen-bond donors (Lipinski definition) is 1. The molecule has 1 aliphatic heterocycles. The summed E-state index contributed by atoms with van der Waals surface area (Å²) in [6, 6.07) is 2.67. The van der Waals surface area contributed by atoms with Gasteiger partial charge < -0.3 is 14.4 Å². The highest BCUT2D eigenvalue weighted by Crippen LogP contribution is 2.35. The van der Waals surface area contributed by atoms with E-state index in [0.717, 1.165) is 30.9 Å². The molecule has 0 spiro atoms. The number of methoxy groups -OCH3 is 2. The van der Waals surface area contributed by atoms with Crippen molar-refractivity contribution in [2.45, 2.75) is 32.1 Å². The number of halogens is 1. The summed E-state index contributed by atoms with van der Waals surface area (Å²) >= 11 is 0. The van der Waals surface area contributed by atoms with Crippen molar-refractivity contribution >= 4 is 5.91 Å². The zero-order valence-electron chi connectivity index (χ0n) is 15.2. The third kappa shape index (κ3) is 3.36. The fourth-order valence-electron chi connectivity index (χ4n) is 3.25. The Morgan fingerprint density at radius 1 is 1.31 bits per heavy atom. The van der Waals surface area contributed by atoms with Crippen molar-refractivity contribution < 1.29 is 18.7 Å². The summed E-state index contributed by atoms with van der Waals surface area (Å²) in [5.74, 6) is 1.31. The van der Waals surface area contributed by atoms with Gasteiger partial charge in [-0.1, -0.05) is 6.92 Å². The lowest BCUT2D eigenvalue weighted by Crippen LogP contribution is -2.38. The first-order valence-corrected chi connectivity index (χ1v) is 8.69. The number of carbonyl (C=O) groups excluding carboxylic acids is 1. The number of carbonyl (C=O) groups is 1. The molecule has 8 heteroatoms. The molecule has 0 aliphatic carbocycles. The summed E-state index contributed by atoms with van der Waals surface area (Å²) in [4.78, 5) is 19.0. The van der Waals surface area contributed by atoms with Crippen LogP contribution in [-0.2, 0) is 6.42 Å². The molecular formula is C18H23FN4O3. The molecule has 0 saturated carbocycles. The van der Waals surface area contributed by atoms with Crippen molar-refractivity contribution in [3.05, 3.63) is 35.2 Å². The third-order valence-electron chi connectivity index (χ3n) is 4.74. The number of nitrogens with one attached hydrogen (secondary N) is 1. The van der Waals surface area contributed by atoms with E-state index in [1.807, 2.05) is 6.92 Å². The predicted molar refractivity (Wildman–Crippen MR) is 93.1 cm³/mol. The minimum Gasteiger partial charge on any atom is -0.493 e. The van der Waals surface area contributed by atoms with Gasteiger partial charge in [-0.25, -0.2) is 9.37 Å². The van der Waals surface area contributed by atoms with Gasteiger partial charge in [-0.3, -0.25) is 9.89 Å². The van der Waals surface area contributed by atoms with Crippen LogP contribution in [0.5, 0.6) is 11.5 Å². The average Bonchev–Trinajstić information content (AvgIpc) is 3.16. The van der Waals surface area contributed by atoms with Crippen LogP contribution in [-0.4, -0.2) is 53.3 Å². The maximum Gasteiger partial charge on any atom is 0.260 e. The zero-order valence-corrected chi connectivity index (χ0v) is 15.2. The van der Waals surface area contributed by atoms with Gasteiger partial charge in [0, 0.05) is 25.4 Å². The van der Waals surface area contributed by atoms with Gasteiger partial charge in [0.1, 0.15) is 17.2 Å². The van der Waals surface area contributed by atoms with Gasteiger partial charge >= 0.3 is 0 Å². The Kier molecular flexibility index (Phi) is 5.39. The second-order valence-corrected chi connectivity index (χ2v) is 6.22. The standard InChI is InChI=1S/C18H23FN4O3/c1-4-14-20-17(22-21-14)11-7-9-23(10-8-11)18(24)15-12(19)5-6-13(25-2)16(15)26-3/h5-6,11H,4,7-10H2,1-3H3,(H,20,21,22). The van der Waals surface area contributed by atoms with Gasteiger partial charge in [0.05, 0.1) is 14.2 Å². The van der Waals surface area contributed by atoms with Crippen molar-refractivity contribution in [2.75, 3.05) is 27.3 Å². The van der Waals surface area contributed by atoms with Crippen molar-refractivity contribution in [3.8, 4) is 11.5 Å². The molecule has 1 saturated heterocycles. The number of hydrogen-bond acceptors (Lipinski definition) is 5. The average molecular weight is 362 g/mol. The summed E-state index contributed by atoms with van der Waals surface area (Å²) in [5, 5.41) is 7.19. The molecule has 0 atom stereocenters. The number of ether oxygens (including phenoxy) is 2. The fourth-order valence-corrected chi connectivity index (χ4v) is 3.25. The normalized spacial score (nSPS) is 15.2. The molecule has 1 fully saturated rings. The Morgan fingerprint density at radius 2 is 2.04 bits per heavy atom. The second-order valence-electron chi connectivity index (χ2n) is 6.22. The minimum absolute atomic E-state index is 0.0866. The van der Waals surface area contributed by atoms with E-state index >= 15 is 0 Å². The van der Waals surface area contributed by atoms with Crippen LogP contribution in [0.1, 0.15) is 47.7 Å². The summed E-state index contributed by atoms with van der Waals surface area (Å²) < 4.78 is 24.7. The summed E-state index contributed by atoms with van der Waals surface area (Å²) in [6.07, 6.45) is 2.28. The van der Waals surface area contributed by atoms with Gasteiger partial charge in [0.2, 0.25) is 0 Å². The van der Waals surface area contributed by atoms with E-state index < -0.39 is 5.82 Å². The van der Waals surface area contributed by atoms with Gasteiger partial charge in [0.25, 0.3) is 5.91 Å². The minimum atomic E-state index is -0.615. The van der Waals surface area contributed by atoms with Crippen LogP contribution in [0.3, 0.4) is 0 Å². The largest absolute Gasteiger partial charge is 0.493 e. The Bertz CT molecular complexity index is 785. The van der Waals surface area contributed by atoms with Crippen molar-refractivity contribution in [1.29, 1.82) is 0 Å². The molecule has 0 bridgehead atoms. The van der Waals surface area contributed by atoms with E-state index in [0.29, 0.717) is 18.8 Å². The van der Waals surface area contributed by atoms with Crippen molar-refractivity contribution in [3.63, 3.8) is 0 Å². The molecule has 2 heterocycles. The van der Waals surface area contributed by atoms with Crippen molar-refractivity contribution in [1.82, 2.24) is 20.1 Å². The van der Waals surface area contributed by atoms with Crippen LogP contribution in [0.15, 0.2) is 12.1 Å². The quantitative estimate of drug-likeness (QED) is 0.884. The molecule has 7 nitrogen and oxygen atoms in total.